The molecule has 0 amide bonds. The van der Waals surface area contributed by atoms with Crippen molar-refractivity contribution >= 4 is 38.3 Å². The average Bonchev–Trinajstić information content (AvgIpc) is 3.18. The molecule has 0 unspecified atom stereocenters. The first-order valence-electron chi connectivity index (χ1n) is 9.30. The van der Waals surface area contributed by atoms with Gasteiger partial charge in [0, 0.05) is 15.7 Å². The molecule has 0 fully saturated rings. The van der Waals surface area contributed by atoms with E-state index in [0.717, 1.165) is 20.3 Å². The molecule has 0 aliphatic rings. The molecular weight excluding hydrogens is 511 g/mol. The van der Waals surface area contributed by atoms with Gasteiger partial charge in [0.05, 0.1) is 4.90 Å². The van der Waals surface area contributed by atoms with Crippen molar-refractivity contribution in [3.63, 3.8) is 0 Å². The van der Waals surface area contributed by atoms with Crippen molar-refractivity contribution < 1.29 is 12.8 Å². The third kappa shape index (κ3) is 4.27. The molecule has 1 heterocycles. The molecule has 0 saturated carbocycles. The molecule has 0 spiro atoms. The maximum absolute atomic E-state index is 13.3. The third-order valence-electron chi connectivity index (χ3n) is 4.62. The second-order valence-electron chi connectivity index (χ2n) is 6.77. The molecule has 0 aliphatic heterocycles. The lowest BCUT2D eigenvalue weighted by Gasteiger charge is -2.06. The molecule has 0 saturated heterocycles. The van der Waals surface area contributed by atoms with Gasteiger partial charge in [-0.3, -0.25) is 0 Å². The third-order valence-corrected chi connectivity index (χ3v) is 6.97. The number of anilines is 1. The fourth-order valence-electron chi connectivity index (χ4n) is 3.07. The average molecular weight is 530 g/mol. The molecule has 1 N–H and O–H groups in total. The van der Waals surface area contributed by atoms with E-state index in [-0.39, 0.29) is 21.7 Å². The molecule has 1 aromatic heterocycles. The summed E-state index contributed by atoms with van der Waals surface area (Å²) in [4.78, 5) is 4.57. The van der Waals surface area contributed by atoms with Crippen LogP contribution in [-0.2, 0) is 16.4 Å². The first kappa shape index (κ1) is 20.6. The van der Waals surface area contributed by atoms with Crippen LogP contribution >= 0.6 is 22.6 Å². The molecule has 4 aromatic rings. The Morgan fingerprint density at radius 1 is 0.967 bits per heavy atom. The zero-order valence-electron chi connectivity index (χ0n) is 16.2. The lowest BCUT2D eigenvalue weighted by Crippen LogP contribution is -2.07. The van der Waals surface area contributed by atoms with Crippen LogP contribution in [0.25, 0.3) is 11.5 Å². The predicted octanol–water partition coefficient (Wildman–Crippen LogP) is 5.70. The lowest BCUT2D eigenvalue weighted by molar-refractivity contribution is 0.576. The van der Waals surface area contributed by atoms with Gasteiger partial charge in [-0.2, -0.15) is 4.98 Å². The van der Waals surface area contributed by atoms with Gasteiger partial charge in [0.2, 0.25) is 26.6 Å². The first-order chi connectivity index (χ1) is 14.4. The van der Waals surface area contributed by atoms with Crippen molar-refractivity contribution in [2.75, 3.05) is 5.32 Å². The molecular formula is C23H19IN2O3S. The Balaban J connectivity index is 1.78. The van der Waals surface area contributed by atoms with Crippen LogP contribution in [0.2, 0.25) is 0 Å². The molecule has 5 nitrogen and oxygen atoms in total. The molecule has 152 valence electrons. The summed E-state index contributed by atoms with van der Waals surface area (Å²) < 4.78 is 33.6. The van der Waals surface area contributed by atoms with Crippen molar-refractivity contribution in [3.8, 4) is 11.5 Å². The van der Waals surface area contributed by atoms with Crippen molar-refractivity contribution in [2.45, 2.75) is 23.4 Å². The fraction of sp³-hybridized carbons (Fsp3) is 0.0870. The summed E-state index contributed by atoms with van der Waals surface area (Å²) >= 11 is 2.24. The van der Waals surface area contributed by atoms with Crippen LogP contribution in [0.4, 0.5) is 5.88 Å². The highest BCUT2D eigenvalue weighted by atomic mass is 127. The Kier molecular flexibility index (Phi) is 5.92. The highest BCUT2D eigenvalue weighted by molar-refractivity contribution is 14.1. The maximum atomic E-state index is 13.3. The van der Waals surface area contributed by atoms with Crippen LogP contribution in [0.15, 0.2) is 93.2 Å². The van der Waals surface area contributed by atoms with Gasteiger partial charge in [-0.15, -0.1) is 0 Å². The quantitative estimate of drug-likeness (QED) is 0.324. The van der Waals surface area contributed by atoms with Crippen LogP contribution in [-0.4, -0.2) is 13.4 Å². The van der Waals surface area contributed by atoms with Crippen molar-refractivity contribution in [1.29, 1.82) is 0 Å². The van der Waals surface area contributed by atoms with Crippen LogP contribution in [0.5, 0.6) is 0 Å². The summed E-state index contributed by atoms with van der Waals surface area (Å²) in [6.07, 6.45) is 0. The molecule has 4 rings (SSSR count). The number of rotatable bonds is 6. The Bertz CT molecular complexity index is 1280. The summed E-state index contributed by atoms with van der Waals surface area (Å²) in [5.41, 5.74) is 2.72. The molecule has 3 aromatic carbocycles. The van der Waals surface area contributed by atoms with Crippen LogP contribution in [0.3, 0.4) is 0 Å². The van der Waals surface area contributed by atoms with E-state index in [1.807, 2.05) is 55.5 Å². The van der Waals surface area contributed by atoms with E-state index in [9.17, 15) is 8.42 Å². The van der Waals surface area contributed by atoms with Gasteiger partial charge in [0.1, 0.15) is 0 Å². The number of aryl methyl sites for hydroxylation is 1. The molecule has 30 heavy (non-hydrogen) atoms. The van der Waals surface area contributed by atoms with E-state index in [1.165, 1.54) is 0 Å². The summed E-state index contributed by atoms with van der Waals surface area (Å²) in [5.74, 6) is 0.406. The highest BCUT2D eigenvalue weighted by Crippen LogP contribution is 2.33. The highest BCUT2D eigenvalue weighted by Gasteiger charge is 2.28. The smallest absolute Gasteiger partial charge is 0.234 e. The number of nitrogens with one attached hydrogen (secondary N) is 1. The molecule has 0 aliphatic carbocycles. The van der Waals surface area contributed by atoms with Crippen LogP contribution in [0.1, 0.15) is 11.1 Å². The monoisotopic (exact) mass is 530 g/mol. The van der Waals surface area contributed by atoms with E-state index >= 15 is 0 Å². The standard InChI is InChI=1S/C23H19IN2O3S/c1-16-8-5-6-13-20(16)21-26-23(30(27,28)19-11-3-2-4-12-19)22(29-21)25-15-17-9-7-10-18(24)14-17/h2-14,25H,15H2,1H3. The number of nitrogens with zero attached hydrogens (tertiary/aromatic N) is 1. The minimum Gasteiger partial charge on any atom is -0.419 e. The lowest BCUT2D eigenvalue weighted by atomic mass is 10.1. The second kappa shape index (κ2) is 8.61. The number of aromatic nitrogens is 1. The van der Waals surface area contributed by atoms with E-state index in [0.29, 0.717) is 6.54 Å². The Morgan fingerprint density at radius 2 is 1.70 bits per heavy atom. The molecule has 0 atom stereocenters. The fourth-order valence-corrected chi connectivity index (χ4v) is 4.98. The molecule has 0 bridgehead atoms. The minimum atomic E-state index is -3.85. The number of benzene rings is 3. The van der Waals surface area contributed by atoms with E-state index in [2.05, 4.69) is 32.9 Å². The first-order valence-corrected chi connectivity index (χ1v) is 11.9. The van der Waals surface area contributed by atoms with E-state index in [1.54, 1.807) is 30.3 Å². The van der Waals surface area contributed by atoms with Gasteiger partial charge in [0.25, 0.3) is 0 Å². The number of hydrogen-bond donors (Lipinski definition) is 1. The Morgan fingerprint density at radius 3 is 2.43 bits per heavy atom. The van der Waals surface area contributed by atoms with Gasteiger partial charge in [-0.25, -0.2) is 8.42 Å². The van der Waals surface area contributed by atoms with E-state index in [4.69, 9.17) is 4.42 Å². The summed E-state index contributed by atoms with van der Waals surface area (Å²) in [6.45, 7) is 2.35. The summed E-state index contributed by atoms with van der Waals surface area (Å²) in [6, 6.07) is 23.8. The van der Waals surface area contributed by atoms with E-state index < -0.39 is 9.84 Å². The van der Waals surface area contributed by atoms with Crippen LogP contribution in [0, 0.1) is 10.5 Å². The zero-order chi connectivity index (χ0) is 21.1. The van der Waals surface area contributed by atoms with Crippen LogP contribution < -0.4 is 5.32 Å². The van der Waals surface area contributed by atoms with Gasteiger partial charge >= 0.3 is 0 Å². The summed E-state index contributed by atoms with van der Waals surface area (Å²) in [7, 11) is -3.85. The summed E-state index contributed by atoms with van der Waals surface area (Å²) in [5, 5.41) is 3.02. The van der Waals surface area contributed by atoms with Crippen molar-refractivity contribution in [2.24, 2.45) is 0 Å². The molecule has 7 heteroatoms. The molecule has 0 radical (unpaired) electrons. The largest absolute Gasteiger partial charge is 0.419 e. The van der Waals surface area contributed by atoms with Gasteiger partial charge in [0.15, 0.2) is 0 Å². The number of oxazole rings is 1. The zero-order valence-corrected chi connectivity index (χ0v) is 19.1. The maximum Gasteiger partial charge on any atom is 0.234 e. The number of sulfone groups is 1. The van der Waals surface area contributed by atoms with Crippen molar-refractivity contribution in [1.82, 2.24) is 4.98 Å². The van der Waals surface area contributed by atoms with Gasteiger partial charge in [-0.1, -0.05) is 48.5 Å². The van der Waals surface area contributed by atoms with Gasteiger partial charge < -0.3 is 9.73 Å². The Hall–Kier alpha value is -2.65. The second-order valence-corrected chi connectivity index (χ2v) is 9.88. The number of halogens is 1. The SMILES string of the molecule is Cc1ccccc1-c1nc(S(=O)(=O)c2ccccc2)c(NCc2cccc(I)c2)o1. The van der Waals surface area contributed by atoms with Crippen molar-refractivity contribution in [3.05, 3.63) is 93.6 Å². The number of hydrogen-bond acceptors (Lipinski definition) is 5. The predicted molar refractivity (Wildman–Crippen MR) is 125 cm³/mol. The minimum absolute atomic E-state index is 0.113. The Labute approximate surface area is 189 Å². The topological polar surface area (TPSA) is 72.2 Å². The normalized spacial score (nSPS) is 11.4. The van der Waals surface area contributed by atoms with Gasteiger partial charge in [-0.05, 0) is 71.0 Å².